The normalized spacial score (nSPS) is 17.1. The van der Waals surface area contributed by atoms with Crippen LogP contribution in [0, 0.1) is 18.3 Å². The minimum absolute atomic E-state index is 0.222. The number of terminal acetylenes is 1. The third kappa shape index (κ3) is 3.80. The lowest BCUT2D eigenvalue weighted by molar-refractivity contribution is 0.101. The van der Waals surface area contributed by atoms with Gasteiger partial charge in [-0.2, -0.15) is 4.31 Å². The lowest BCUT2D eigenvalue weighted by Gasteiger charge is -2.31. The Kier molecular flexibility index (Phi) is 5.83. The summed E-state index contributed by atoms with van der Waals surface area (Å²) >= 11 is 0. The van der Waals surface area contributed by atoms with Gasteiger partial charge in [-0.05, 0) is 30.9 Å². The van der Waals surface area contributed by atoms with Crippen LogP contribution in [0.25, 0.3) is 0 Å². The van der Waals surface area contributed by atoms with Crippen LogP contribution in [0.1, 0.15) is 12.8 Å². The van der Waals surface area contributed by atoms with Crippen molar-refractivity contribution < 1.29 is 17.9 Å². The van der Waals surface area contributed by atoms with Crippen LogP contribution in [0.15, 0.2) is 29.2 Å². The van der Waals surface area contributed by atoms with Gasteiger partial charge in [0.2, 0.25) is 10.0 Å². The van der Waals surface area contributed by atoms with Crippen LogP contribution in [0.5, 0.6) is 5.75 Å². The van der Waals surface area contributed by atoms with Gasteiger partial charge in [0.25, 0.3) is 0 Å². The van der Waals surface area contributed by atoms with E-state index in [-0.39, 0.29) is 4.90 Å². The zero-order valence-electron chi connectivity index (χ0n) is 12.7. The minimum atomic E-state index is -3.52. The molecule has 1 aromatic rings. The van der Waals surface area contributed by atoms with E-state index in [0.29, 0.717) is 38.0 Å². The molecule has 0 radical (unpaired) electrons. The van der Waals surface area contributed by atoms with Crippen molar-refractivity contribution in [1.29, 1.82) is 0 Å². The highest BCUT2D eigenvalue weighted by Crippen LogP contribution is 2.29. The standard InChI is InChI=1S/C16H21NO4S/c1-3-12-21-13-14-8-10-17(11-9-14)22(18,19)16-7-5-4-6-15(16)20-2/h1,4-7,14H,8-13H2,2H3. The number of nitrogens with zero attached hydrogens (tertiary/aromatic N) is 1. The second kappa shape index (κ2) is 7.63. The molecule has 2 rings (SSSR count). The molecular formula is C16H21NO4S. The Morgan fingerprint density at radius 1 is 1.32 bits per heavy atom. The summed E-state index contributed by atoms with van der Waals surface area (Å²) in [6, 6.07) is 6.70. The second-order valence-corrected chi connectivity index (χ2v) is 7.12. The summed E-state index contributed by atoms with van der Waals surface area (Å²) < 4.78 is 37.5. The first kappa shape index (κ1) is 16.8. The quantitative estimate of drug-likeness (QED) is 0.591. The van der Waals surface area contributed by atoms with Crippen LogP contribution in [-0.2, 0) is 14.8 Å². The summed E-state index contributed by atoms with van der Waals surface area (Å²) in [5.41, 5.74) is 0. The fourth-order valence-corrected chi connectivity index (χ4v) is 4.20. The van der Waals surface area contributed by atoms with Gasteiger partial charge >= 0.3 is 0 Å². The molecule has 1 heterocycles. The molecule has 1 saturated heterocycles. The molecule has 0 saturated carbocycles. The highest BCUT2D eigenvalue weighted by Gasteiger charge is 2.31. The summed E-state index contributed by atoms with van der Waals surface area (Å²) in [6.07, 6.45) is 6.69. The van der Waals surface area contributed by atoms with Crippen LogP contribution in [0.4, 0.5) is 0 Å². The van der Waals surface area contributed by atoms with Gasteiger partial charge in [-0.1, -0.05) is 18.1 Å². The molecule has 5 nitrogen and oxygen atoms in total. The summed E-state index contributed by atoms with van der Waals surface area (Å²) in [4.78, 5) is 0.222. The van der Waals surface area contributed by atoms with Crippen molar-refractivity contribution in [3.8, 4) is 18.1 Å². The van der Waals surface area contributed by atoms with Crippen molar-refractivity contribution in [2.45, 2.75) is 17.7 Å². The van der Waals surface area contributed by atoms with Crippen molar-refractivity contribution in [3.63, 3.8) is 0 Å². The van der Waals surface area contributed by atoms with Crippen LogP contribution in [-0.4, -0.2) is 46.1 Å². The summed E-state index contributed by atoms with van der Waals surface area (Å²) in [5, 5.41) is 0. The Bertz CT molecular complexity index is 628. The maximum absolute atomic E-state index is 12.7. The molecule has 0 bridgehead atoms. The molecule has 120 valence electrons. The number of rotatable bonds is 6. The van der Waals surface area contributed by atoms with Crippen LogP contribution >= 0.6 is 0 Å². The monoisotopic (exact) mass is 323 g/mol. The molecular weight excluding hydrogens is 302 g/mol. The molecule has 6 heteroatoms. The summed E-state index contributed by atoms with van der Waals surface area (Å²) in [6.45, 7) is 1.88. The van der Waals surface area contributed by atoms with Gasteiger partial charge in [0, 0.05) is 13.1 Å². The Balaban J connectivity index is 2.02. The highest BCUT2D eigenvalue weighted by atomic mass is 32.2. The van der Waals surface area contributed by atoms with E-state index in [9.17, 15) is 8.42 Å². The lowest BCUT2D eigenvalue weighted by atomic mass is 9.99. The molecule has 0 amide bonds. The van der Waals surface area contributed by atoms with E-state index in [1.54, 1.807) is 24.3 Å². The number of hydrogen-bond donors (Lipinski definition) is 0. The predicted molar refractivity (Wildman–Crippen MR) is 84.1 cm³/mol. The highest BCUT2D eigenvalue weighted by molar-refractivity contribution is 7.89. The molecule has 0 atom stereocenters. The third-order valence-corrected chi connectivity index (χ3v) is 5.74. The van der Waals surface area contributed by atoms with Gasteiger partial charge in [-0.25, -0.2) is 8.42 Å². The molecule has 0 N–H and O–H groups in total. The van der Waals surface area contributed by atoms with Gasteiger partial charge in [-0.15, -0.1) is 6.42 Å². The van der Waals surface area contributed by atoms with Gasteiger partial charge in [0.05, 0.1) is 13.7 Å². The van der Waals surface area contributed by atoms with E-state index in [0.717, 1.165) is 12.8 Å². The van der Waals surface area contributed by atoms with Crippen LogP contribution in [0.3, 0.4) is 0 Å². The number of piperidine rings is 1. The van der Waals surface area contributed by atoms with Crippen LogP contribution in [0.2, 0.25) is 0 Å². The maximum Gasteiger partial charge on any atom is 0.246 e. The van der Waals surface area contributed by atoms with E-state index in [1.807, 2.05) is 0 Å². The van der Waals surface area contributed by atoms with E-state index < -0.39 is 10.0 Å². The van der Waals surface area contributed by atoms with E-state index in [2.05, 4.69) is 5.92 Å². The largest absolute Gasteiger partial charge is 0.495 e. The lowest BCUT2D eigenvalue weighted by Crippen LogP contribution is -2.39. The molecule has 22 heavy (non-hydrogen) atoms. The fraction of sp³-hybridized carbons (Fsp3) is 0.500. The van der Waals surface area contributed by atoms with Gasteiger partial charge in [0.15, 0.2) is 0 Å². The smallest absolute Gasteiger partial charge is 0.246 e. The van der Waals surface area contributed by atoms with Crippen LogP contribution < -0.4 is 4.74 Å². The molecule has 0 spiro atoms. The van der Waals surface area contributed by atoms with E-state index in [1.165, 1.54) is 11.4 Å². The number of hydrogen-bond acceptors (Lipinski definition) is 4. The molecule has 1 aliphatic heterocycles. The SMILES string of the molecule is C#CCOCC1CCN(S(=O)(=O)c2ccccc2OC)CC1. The summed E-state index contributed by atoms with van der Waals surface area (Å²) in [5.74, 6) is 3.17. The van der Waals surface area contributed by atoms with Gasteiger partial charge in [0.1, 0.15) is 17.3 Å². The molecule has 0 aliphatic carbocycles. The zero-order valence-corrected chi connectivity index (χ0v) is 13.5. The first-order valence-corrected chi connectivity index (χ1v) is 8.68. The third-order valence-electron chi connectivity index (χ3n) is 3.80. The Morgan fingerprint density at radius 3 is 2.64 bits per heavy atom. The Hall–Kier alpha value is -1.55. The zero-order chi connectivity index (χ0) is 16.0. The maximum atomic E-state index is 12.7. The van der Waals surface area contributed by atoms with Crippen molar-refractivity contribution in [2.75, 3.05) is 33.4 Å². The van der Waals surface area contributed by atoms with Crippen molar-refractivity contribution >= 4 is 10.0 Å². The average Bonchev–Trinajstić information content (AvgIpc) is 2.55. The molecule has 0 unspecified atom stereocenters. The molecule has 0 aromatic heterocycles. The van der Waals surface area contributed by atoms with E-state index in [4.69, 9.17) is 15.9 Å². The number of sulfonamides is 1. The minimum Gasteiger partial charge on any atom is -0.495 e. The van der Waals surface area contributed by atoms with Crippen molar-refractivity contribution in [2.24, 2.45) is 5.92 Å². The van der Waals surface area contributed by atoms with Crippen molar-refractivity contribution in [3.05, 3.63) is 24.3 Å². The predicted octanol–water partition coefficient (Wildman–Crippen LogP) is 1.75. The van der Waals surface area contributed by atoms with E-state index >= 15 is 0 Å². The number of ether oxygens (including phenoxy) is 2. The fourth-order valence-electron chi connectivity index (χ4n) is 2.57. The van der Waals surface area contributed by atoms with Gasteiger partial charge in [-0.3, -0.25) is 0 Å². The van der Waals surface area contributed by atoms with Gasteiger partial charge < -0.3 is 9.47 Å². The number of methoxy groups -OCH3 is 1. The molecule has 1 fully saturated rings. The Labute approximate surface area is 132 Å². The average molecular weight is 323 g/mol. The first-order chi connectivity index (χ1) is 10.6. The van der Waals surface area contributed by atoms with Crippen molar-refractivity contribution in [1.82, 2.24) is 4.31 Å². The topological polar surface area (TPSA) is 55.8 Å². The summed E-state index contributed by atoms with van der Waals surface area (Å²) in [7, 11) is -2.04. The number of para-hydroxylation sites is 1. The molecule has 1 aliphatic rings. The number of benzene rings is 1. The second-order valence-electron chi connectivity index (χ2n) is 5.22. The first-order valence-electron chi connectivity index (χ1n) is 7.24. The Morgan fingerprint density at radius 2 is 2.00 bits per heavy atom. The molecule has 1 aromatic carbocycles.